The van der Waals surface area contributed by atoms with Crippen molar-refractivity contribution in [2.75, 3.05) is 24.4 Å². The number of methoxy groups -OCH3 is 1. The van der Waals surface area contributed by atoms with E-state index in [4.69, 9.17) is 9.47 Å². The molecule has 0 unspecified atom stereocenters. The van der Waals surface area contributed by atoms with Crippen molar-refractivity contribution in [2.24, 2.45) is 0 Å². The molecule has 27 heavy (non-hydrogen) atoms. The van der Waals surface area contributed by atoms with E-state index in [-0.39, 0.29) is 12.2 Å². The number of esters is 1. The highest BCUT2D eigenvalue weighted by atomic mass is 16.5. The molecule has 0 fully saturated rings. The van der Waals surface area contributed by atoms with Gasteiger partial charge in [-0.2, -0.15) is 5.26 Å². The van der Waals surface area contributed by atoms with Crippen molar-refractivity contribution < 1.29 is 19.1 Å². The number of carbonyl (C=O) groups excluding carboxylic acids is 2. The molecule has 2 aromatic carbocycles. The number of nitrogens with zero attached hydrogens (tertiary/aromatic N) is 1. The highest BCUT2D eigenvalue weighted by Crippen LogP contribution is 2.23. The molecule has 138 valence electrons. The van der Waals surface area contributed by atoms with Crippen LogP contribution >= 0.6 is 0 Å². The van der Waals surface area contributed by atoms with Crippen molar-refractivity contribution in [3.05, 3.63) is 65.9 Å². The first kappa shape index (κ1) is 19.5. The minimum Gasteiger partial charge on any atom is -0.495 e. The minimum atomic E-state index is -0.608. The Hall–Kier alpha value is -3.79. The fraction of sp³-hybridized carbons (Fsp3) is 0.150. The fourth-order valence-electron chi connectivity index (χ4n) is 2.23. The van der Waals surface area contributed by atoms with Gasteiger partial charge in [0.2, 0.25) is 0 Å². The van der Waals surface area contributed by atoms with Crippen LogP contribution in [0.4, 0.5) is 11.4 Å². The lowest BCUT2D eigenvalue weighted by atomic mass is 10.1. The van der Waals surface area contributed by atoms with Crippen molar-refractivity contribution >= 4 is 23.3 Å². The largest absolute Gasteiger partial charge is 0.495 e. The van der Waals surface area contributed by atoms with E-state index in [9.17, 15) is 14.9 Å². The number of carbonyl (C=O) groups is 2. The van der Waals surface area contributed by atoms with Gasteiger partial charge in [0.15, 0.2) is 0 Å². The summed E-state index contributed by atoms with van der Waals surface area (Å²) in [4.78, 5) is 24.3. The monoisotopic (exact) mass is 365 g/mol. The van der Waals surface area contributed by atoms with Gasteiger partial charge in [0.1, 0.15) is 17.4 Å². The number of hydrogen-bond donors (Lipinski definition) is 2. The number of hydrogen-bond acceptors (Lipinski definition) is 6. The van der Waals surface area contributed by atoms with Crippen LogP contribution in [-0.4, -0.2) is 25.6 Å². The normalized spacial score (nSPS) is 10.5. The Bertz CT molecular complexity index is 900. The summed E-state index contributed by atoms with van der Waals surface area (Å²) in [5, 5.41) is 14.7. The van der Waals surface area contributed by atoms with Crippen molar-refractivity contribution in [1.82, 2.24) is 0 Å². The van der Waals surface area contributed by atoms with E-state index < -0.39 is 11.9 Å². The summed E-state index contributed by atoms with van der Waals surface area (Å²) in [6.45, 7) is 1.96. The van der Waals surface area contributed by atoms with Gasteiger partial charge in [-0.05, 0) is 31.2 Å². The summed E-state index contributed by atoms with van der Waals surface area (Å²) in [6.07, 6.45) is 1.24. The summed E-state index contributed by atoms with van der Waals surface area (Å²) in [6, 6.07) is 15.4. The van der Waals surface area contributed by atoms with Crippen LogP contribution in [0.3, 0.4) is 0 Å². The Labute approximate surface area is 157 Å². The molecule has 7 heteroatoms. The molecule has 0 aromatic heterocycles. The van der Waals surface area contributed by atoms with E-state index >= 15 is 0 Å². The standard InChI is InChI=1S/C20H19N3O4/c1-3-27-20(25)15-8-4-5-9-16(15)22-13-14(12-21)19(24)23-17-10-6-7-11-18(17)26-2/h4-11,13,22H,3H2,1-2H3,(H,23,24)/b14-13-. The number of ether oxygens (including phenoxy) is 2. The smallest absolute Gasteiger partial charge is 0.340 e. The molecule has 0 heterocycles. The average molecular weight is 365 g/mol. The molecule has 0 aliphatic heterocycles. The molecule has 1 amide bonds. The third-order valence-corrected chi connectivity index (χ3v) is 3.51. The van der Waals surface area contributed by atoms with E-state index in [0.29, 0.717) is 22.7 Å². The number of rotatable bonds is 7. The summed E-state index contributed by atoms with van der Waals surface area (Å²) < 4.78 is 10.2. The first-order valence-electron chi connectivity index (χ1n) is 8.18. The maximum atomic E-state index is 12.4. The highest BCUT2D eigenvalue weighted by molar-refractivity contribution is 6.07. The highest BCUT2D eigenvalue weighted by Gasteiger charge is 2.14. The van der Waals surface area contributed by atoms with Gasteiger partial charge in [-0.1, -0.05) is 24.3 Å². The second-order valence-electron chi connectivity index (χ2n) is 5.23. The van der Waals surface area contributed by atoms with Gasteiger partial charge in [0.25, 0.3) is 5.91 Å². The lowest BCUT2D eigenvalue weighted by molar-refractivity contribution is -0.112. The van der Waals surface area contributed by atoms with Gasteiger partial charge in [0, 0.05) is 6.20 Å². The summed E-state index contributed by atoms with van der Waals surface area (Å²) >= 11 is 0. The minimum absolute atomic E-state index is 0.167. The molecule has 0 spiro atoms. The van der Waals surface area contributed by atoms with Crippen LogP contribution in [0.5, 0.6) is 5.75 Å². The molecule has 0 atom stereocenters. The van der Waals surface area contributed by atoms with Gasteiger partial charge in [0.05, 0.1) is 30.7 Å². The quantitative estimate of drug-likeness (QED) is 0.443. The van der Waals surface area contributed by atoms with Gasteiger partial charge < -0.3 is 20.1 Å². The molecule has 0 saturated heterocycles. The van der Waals surface area contributed by atoms with Crippen LogP contribution < -0.4 is 15.4 Å². The van der Waals surface area contributed by atoms with Crippen LogP contribution in [0.15, 0.2) is 60.3 Å². The molecule has 2 aromatic rings. The second kappa shape index (κ2) is 9.63. The van der Waals surface area contributed by atoms with E-state index in [1.165, 1.54) is 13.3 Å². The first-order valence-corrected chi connectivity index (χ1v) is 8.18. The van der Waals surface area contributed by atoms with Gasteiger partial charge in [-0.3, -0.25) is 4.79 Å². The van der Waals surface area contributed by atoms with E-state index in [1.54, 1.807) is 55.5 Å². The number of anilines is 2. The molecule has 0 aliphatic carbocycles. The Morgan fingerprint density at radius 2 is 1.78 bits per heavy atom. The second-order valence-corrected chi connectivity index (χ2v) is 5.23. The number of para-hydroxylation sites is 3. The Morgan fingerprint density at radius 3 is 2.44 bits per heavy atom. The zero-order valence-corrected chi connectivity index (χ0v) is 15.0. The molecular formula is C20H19N3O4. The average Bonchev–Trinajstić information content (AvgIpc) is 2.69. The molecular weight excluding hydrogens is 346 g/mol. The predicted octanol–water partition coefficient (Wildman–Crippen LogP) is 3.33. The maximum absolute atomic E-state index is 12.4. The van der Waals surface area contributed by atoms with E-state index in [1.807, 2.05) is 6.07 Å². The van der Waals surface area contributed by atoms with Crippen molar-refractivity contribution in [3.63, 3.8) is 0 Å². The third kappa shape index (κ3) is 5.09. The molecule has 0 aliphatic rings. The lowest BCUT2D eigenvalue weighted by Crippen LogP contribution is -2.15. The maximum Gasteiger partial charge on any atom is 0.340 e. The van der Waals surface area contributed by atoms with Crippen LogP contribution in [-0.2, 0) is 9.53 Å². The van der Waals surface area contributed by atoms with Crippen molar-refractivity contribution in [2.45, 2.75) is 6.92 Å². The Kier molecular flexibility index (Phi) is 6.97. The van der Waals surface area contributed by atoms with Gasteiger partial charge in [-0.15, -0.1) is 0 Å². The van der Waals surface area contributed by atoms with Crippen LogP contribution in [0, 0.1) is 11.3 Å². The summed E-state index contributed by atoms with van der Waals surface area (Å²) in [5.41, 5.74) is 1.00. The zero-order chi connectivity index (χ0) is 19.6. The molecule has 7 nitrogen and oxygen atoms in total. The SMILES string of the molecule is CCOC(=O)c1ccccc1N/C=C(/C#N)C(=O)Nc1ccccc1OC. The molecule has 0 radical (unpaired) electrons. The number of benzene rings is 2. The van der Waals surface area contributed by atoms with Crippen molar-refractivity contribution in [1.29, 1.82) is 5.26 Å². The van der Waals surface area contributed by atoms with Crippen molar-refractivity contribution in [3.8, 4) is 11.8 Å². The Morgan fingerprint density at radius 1 is 1.11 bits per heavy atom. The number of nitriles is 1. The summed E-state index contributed by atoms with van der Waals surface area (Å²) in [5.74, 6) is -0.627. The molecule has 2 N–H and O–H groups in total. The lowest BCUT2D eigenvalue weighted by Gasteiger charge is -2.10. The summed E-state index contributed by atoms with van der Waals surface area (Å²) in [7, 11) is 1.49. The predicted molar refractivity (Wildman–Crippen MR) is 101 cm³/mol. The molecule has 0 saturated carbocycles. The van der Waals surface area contributed by atoms with Crippen LogP contribution in [0.1, 0.15) is 17.3 Å². The fourth-order valence-corrected chi connectivity index (χ4v) is 2.23. The van der Waals surface area contributed by atoms with Crippen LogP contribution in [0.25, 0.3) is 0 Å². The molecule has 0 bridgehead atoms. The van der Waals surface area contributed by atoms with Gasteiger partial charge in [-0.25, -0.2) is 4.79 Å². The zero-order valence-electron chi connectivity index (χ0n) is 15.0. The first-order chi connectivity index (χ1) is 13.1. The molecule has 2 rings (SSSR count). The third-order valence-electron chi connectivity index (χ3n) is 3.51. The Balaban J connectivity index is 2.19. The number of nitrogens with one attached hydrogen (secondary N) is 2. The van der Waals surface area contributed by atoms with Gasteiger partial charge >= 0.3 is 5.97 Å². The van der Waals surface area contributed by atoms with E-state index in [0.717, 1.165) is 0 Å². The number of amides is 1. The topological polar surface area (TPSA) is 100 Å². The van der Waals surface area contributed by atoms with E-state index in [2.05, 4.69) is 10.6 Å². The van der Waals surface area contributed by atoms with Crippen LogP contribution in [0.2, 0.25) is 0 Å².